The van der Waals surface area contributed by atoms with E-state index in [0.717, 1.165) is 41.1 Å². The van der Waals surface area contributed by atoms with Crippen LogP contribution in [0.2, 0.25) is 0 Å². The number of anilines is 1. The molecule has 0 atom stereocenters. The lowest BCUT2D eigenvalue weighted by molar-refractivity contribution is 0.451. The molecule has 1 aromatic carbocycles. The molecule has 5 nitrogen and oxygen atoms in total. The number of nitrogen functional groups attached to an aromatic ring is 1. The first-order valence-corrected chi connectivity index (χ1v) is 7.14. The lowest BCUT2D eigenvalue weighted by Gasteiger charge is -2.14. The first-order chi connectivity index (χ1) is 10.0. The number of hydrazine groups is 1. The van der Waals surface area contributed by atoms with Gasteiger partial charge in [0.1, 0.15) is 17.4 Å². The first kappa shape index (κ1) is 15.3. The summed E-state index contributed by atoms with van der Waals surface area (Å²) in [5.41, 5.74) is 5.63. The summed E-state index contributed by atoms with van der Waals surface area (Å²) in [7, 11) is 0. The van der Waals surface area contributed by atoms with Crippen LogP contribution in [0.15, 0.2) is 18.2 Å². The van der Waals surface area contributed by atoms with Gasteiger partial charge in [-0.1, -0.05) is 19.1 Å². The number of aryl methyl sites for hydroxylation is 3. The van der Waals surface area contributed by atoms with Crippen molar-refractivity contribution in [3.63, 3.8) is 0 Å². The number of nitrogens with zero attached hydrogens (tertiary/aromatic N) is 2. The molecule has 0 saturated heterocycles. The van der Waals surface area contributed by atoms with Crippen molar-refractivity contribution >= 4 is 5.82 Å². The molecule has 112 valence electrons. The Hall–Kier alpha value is -2.14. The van der Waals surface area contributed by atoms with Gasteiger partial charge in [-0.3, -0.25) is 0 Å². The Kier molecular flexibility index (Phi) is 4.75. The fraction of sp³-hybridized carbons (Fsp3) is 0.375. The zero-order valence-corrected chi connectivity index (χ0v) is 13.0. The quantitative estimate of drug-likeness (QED) is 0.650. The largest absolute Gasteiger partial charge is 0.438 e. The van der Waals surface area contributed by atoms with Crippen molar-refractivity contribution in [1.82, 2.24) is 9.97 Å². The van der Waals surface area contributed by atoms with Gasteiger partial charge in [0.05, 0.1) is 5.56 Å². The molecule has 0 unspecified atom stereocenters. The number of nitrogens with one attached hydrogen (secondary N) is 1. The number of rotatable bonds is 5. The summed E-state index contributed by atoms with van der Waals surface area (Å²) >= 11 is 0. The van der Waals surface area contributed by atoms with Crippen LogP contribution in [0.3, 0.4) is 0 Å². The fourth-order valence-corrected chi connectivity index (χ4v) is 2.04. The maximum absolute atomic E-state index is 6.00. The molecule has 0 saturated carbocycles. The van der Waals surface area contributed by atoms with Crippen molar-refractivity contribution in [1.29, 1.82) is 0 Å². The average Bonchev–Trinajstić information content (AvgIpc) is 2.46. The Labute approximate surface area is 125 Å². The van der Waals surface area contributed by atoms with Crippen LogP contribution < -0.4 is 16.0 Å². The van der Waals surface area contributed by atoms with Gasteiger partial charge in [-0.15, -0.1) is 0 Å². The number of aromatic nitrogens is 2. The zero-order chi connectivity index (χ0) is 15.4. The van der Waals surface area contributed by atoms with E-state index >= 15 is 0 Å². The number of nitrogens with two attached hydrogens (primary N) is 1. The number of ether oxygens (including phenoxy) is 1. The maximum atomic E-state index is 6.00. The van der Waals surface area contributed by atoms with E-state index in [4.69, 9.17) is 10.6 Å². The second-order valence-corrected chi connectivity index (χ2v) is 5.18. The maximum Gasteiger partial charge on any atom is 0.227 e. The second-order valence-electron chi connectivity index (χ2n) is 5.18. The van der Waals surface area contributed by atoms with Crippen LogP contribution in [0, 0.1) is 20.8 Å². The fourth-order valence-electron chi connectivity index (χ4n) is 2.04. The Balaban J connectivity index is 2.42. The molecule has 0 aliphatic rings. The minimum absolute atomic E-state index is 0.551. The normalized spacial score (nSPS) is 10.5. The minimum Gasteiger partial charge on any atom is -0.438 e. The standard InChI is InChI=1S/C16H22N4O/c1-5-6-14-18-15(20-17)12(4)16(19-14)21-13-9-10(2)7-8-11(13)3/h7-9H,5-6,17H2,1-4H3,(H,18,19,20). The van der Waals surface area contributed by atoms with E-state index < -0.39 is 0 Å². The molecule has 5 heteroatoms. The lowest BCUT2D eigenvalue weighted by atomic mass is 10.1. The van der Waals surface area contributed by atoms with Gasteiger partial charge >= 0.3 is 0 Å². The first-order valence-electron chi connectivity index (χ1n) is 7.14. The predicted molar refractivity (Wildman–Crippen MR) is 84.6 cm³/mol. The Morgan fingerprint density at radius 1 is 1.19 bits per heavy atom. The van der Waals surface area contributed by atoms with Crippen LogP contribution in [-0.2, 0) is 6.42 Å². The van der Waals surface area contributed by atoms with Gasteiger partial charge in [-0.05, 0) is 44.4 Å². The number of benzene rings is 1. The molecule has 0 radical (unpaired) electrons. The van der Waals surface area contributed by atoms with Gasteiger partial charge < -0.3 is 10.2 Å². The third-order valence-corrected chi connectivity index (χ3v) is 3.31. The summed E-state index contributed by atoms with van der Waals surface area (Å²) in [5, 5.41) is 0. The minimum atomic E-state index is 0.551. The van der Waals surface area contributed by atoms with Crippen LogP contribution in [0.25, 0.3) is 0 Å². The summed E-state index contributed by atoms with van der Waals surface area (Å²) in [5.74, 6) is 8.23. The molecule has 21 heavy (non-hydrogen) atoms. The Morgan fingerprint density at radius 3 is 2.62 bits per heavy atom. The molecule has 0 aliphatic carbocycles. The van der Waals surface area contributed by atoms with Crippen molar-refractivity contribution < 1.29 is 4.74 Å². The van der Waals surface area contributed by atoms with Gasteiger partial charge in [-0.25, -0.2) is 10.8 Å². The zero-order valence-electron chi connectivity index (χ0n) is 13.0. The van der Waals surface area contributed by atoms with E-state index in [-0.39, 0.29) is 0 Å². The molecule has 0 aliphatic heterocycles. The van der Waals surface area contributed by atoms with Crippen LogP contribution in [-0.4, -0.2) is 9.97 Å². The number of hydrogen-bond acceptors (Lipinski definition) is 5. The summed E-state index contributed by atoms with van der Waals surface area (Å²) in [6.45, 7) is 8.03. The molecule has 0 amide bonds. The van der Waals surface area contributed by atoms with Crippen molar-refractivity contribution in [2.75, 3.05) is 5.43 Å². The van der Waals surface area contributed by atoms with Crippen LogP contribution in [0.1, 0.15) is 35.9 Å². The predicted octanol–water partition coefficient (Wildman–Crippen LogP) is 3.43. The Morgan fingerprint density at radius 2 is 1.95 bits per heavy atom. The highest BCUT2D eigenvalue weighted by Crippen LogP contribution is 2.29. The average molecular weight is 286 g/mol. The molecule has 3 N–H and O–H groups in total. The van der Waals surface area contributed by atoms with Gasteiger partial charge in [0.25, 0.3) is 0 Å². The highest BCUT2D eigenvalue weighted by Gasteiger charge is 2.13. The van der Waals surface area contributed by atoms with Gasteiger partial charge in [0.2, 0.25) is 5.88 Å². The van der Waals surface area contributed by atoms with Crippen LogP contribution in [0.5, 0.6) is 11.6 Å². The number of hydrogen-bond donors (Lipinski definition) is 2. The van der Waals surface area contributed by atoms with Crippen LogP contribution >= 0.6 is 0 Å². The SMILES string of the molecule is CCCc1nc(NN)c(C)c(Oc2cc(C)ccc2C)n1. The third kappa shape index (κ3) is 3.49. The molecule has 0 fully saturated rings. The monoisotopic (exact) mass is 286 g/mol. The van der Waals surface area contributed by atoms with Crippen molar-refractivity contribution in [3.8, 4) is 11.6 Å². The smallest absolute Gasteiger partial charge is 0.227 e. The van der Waals surface area contributed by atoms with Crippen molar-refractivity contribution in [2.45, 2.75) is 40.5 Å². The van der Waals surface area contributed by atoms with E-state index in [9.17, 15) is 0 Å². The van der Waals surface area contributed by atoms with Crippen LogP contribution in [0.4, 0.5) is 5.82 Å². The molecule has 0 bridgehead atoms. The third-order valence-electron chi connectivity index (χ3n) is 3.31. The summed E-state index contributed by atoms with van der Waals surface area (Å²) in [6.07, 6.45) is 1.76. The van der Waals surface area contributed by atoms with Gasteiger partial charge in [0, 0.05) is 6.42 Å². The second kappa shape index (κ2) is 6.54. The molecule has 2 aromatic rings. The molecule has 1 aromatic heterocycles. The van der Waals surface area contributed by atoms with Gasteiger partial charge in [0.15, 0.2) is 0 Å². The summed E-state index contributed by atoms with van der Waals surface area (Å²) in [4.78, 5) is 8.90. The van der Waals surface area contributed by atoms with E-state index in [1.807, 2.05) is 32.9 Å². The van der Waals surface area contributed by atoms with Crippen molar-refractivity contribution in [2.24, 2.45) is 5.84 Å². The van der Waals surface area contributed by atoms with E-state index in [1.165, 1.54) is 0 Å². The molecule has 0 spiro atoms. The topological polar surface area (TPSA) is 73.1 Å². The molecule has 1 heterocycles. The summed E-state index contributed by atoms with van der Waals surface area (Å²) < 4.78 is 6.00. The highest BCUT2D eigenvalue weighted by molar-refractivity contribution is 5.49. The molecule has 2 rings (SSSR count). The highest BCUT2D eigenvalue weighted by atomic mass is 16.5. The molecular weight excluding hydrogens is 264 g/mol. The molecular formula is C16H22N4O. The Bertz CT molecular complexity index is 640. The van der Waals surface area contributed by atoms with E-state index in [1.54, 1.807) is 0 Å². The van der Waals surface area contributed by atoms with Gasteiger partial charge in [-0.2, -0.15) is 4.98 Å². The van der Waals surface area contributed by atoms with Crippen molar-refractivity contribution in [3.05, 3.63) is 40.7 Å². The van der Waals surface area contributed by atoms with E-state index in [2.05, 4.69) is 28.4 Å². The van der Waals surface area contributed by atoms with E-state index in [0.29, 0.717) is 11.7 Å². The lowest BCUT2D eigenvalue weighted by Crippen LogP contribution is -2.13. The summed E-state index contributed by atoms with van der Waals surface area (Å²) in [6, 6.07) is 6.10.